The third-order valence-electron chi connectivity index (χ3n) is 5.22. The van der Waals surface area contributed by atoms with Gasteiger partial charge in [0.2, 0.25) is 15.0 Å². The van der Waals surface area contributed by atoms with Gasteiger partial charge in [-0.2, -0.15) is 4.31 Å². The Balaban J connectivity index is 1.52. The summed E-state index contributed by atoms with van der Waals surface area (Å²) >= 11 is 1.14. The summed E-state index contributed by atoms with van der Waals surface area (Å²) < 4.78 is 28.0. The number of amides is 1. The Morgan fingerprint density at radius 2 is 1.87 bits per heavy atom. The van der Waals surface area contributed by atoms with Gasteiger partial charge >= 0.3 is 0 Å². The number of hydrogen-bond acceptors (Lipinski definition) is 6. The second-order valence-corrected chi connectivity index (χ2v) is 10.3. The number of sulfonamides is 1. The first-order valence-corrected chi connectivity index (χ1v) is 12.6. The maximum atomic E-state index is 13.3. The number of hydrogen-bond donors (Lipinski definition) is 1. The first-order valence-electron chi connectivity index (χ1n) is 10.3. The highest BCUT2D eigenvalue weighted by Crippen LogP contribution is 2.37. The summed E-state index contributed by atoms with van der Waals surface area (Å²) in [7, 11) is -3.66. The smallest absolute Gasteiger partial charge is 0.286 e. The molecule has 7 nitrogen and oxygen atoms in total. The number of aromatic nitrogens is 2. The molecule has 1 aliphatic rings. The molecule has 1 saturated heterocycles. The molecule has 1 fully saturated rings. The highest BCUT2D eigenvalue weighted by Gasteiger charge is 2.38. The van der Waals surface area contributed by atoms with Crippen LogP contribution in [0, 0.1) is 0 Å². The SMILES string of the molecule is CCCc1ccc(S(=O)(=O)N2CCC[C@H]2c2nnc(C(=O)Nc3ccccc3)s2)cc1. The molecule has 1 aliphatic heterocycles. The summed E-state index contributed by atoms with van der Waals surface area (Å²) in [6.07, 6.45) is 3.33. The van der Waals surface area contributed by atoms with E-state index >= 15 is 0 Å². The first kappa shape index (κ1) is 21.6. The molecule has 1 N–H and O–H groups in total. The van der Waals surface area contributed by atoms with Crippen LogP contribution in [0.2, 0.25) is 0 Å². The molecule has 1 atom stereocenters. The van der Waals surface area contributed by atoms with Crippen LogP contribution in [0.3, 0.4) is 0 Å². The number of carbonyl (C=O) groups is 1. The van der Waals surface area contributed by atoms with Crippen LogP contribution in [0.4, 0.5) is 5.69 Å². The maximum absolute atomic E-state index is 13.3. The number of carbonyl (C=O) groups excluding carboxylic acids is 1. The fourth-order valence-corrected chi connectivity index (χ4v) is 6.31. The molecule has 1 amide bonds. The van der Waals surface area contributed by atoms with Crippen molar-refractivity contribution in [1.29, 1.82) is 0 Å². The van der Waals surface area contributed by atoms with Gasteiger partial charge in [-0.3, -0.25) is 4.79 Å². The van der Waals surface area contributed by atoms with Gasteiger partial charge in [-0.1, -0.05) is 55.0 Å². The van der Waals surface area contributed by atoms with Gasteiger partial charge in [-0.25, -0.2) is 8.42 Å². The number of nitrogens with one attached hydrogen (secondary N) is 1. The Bertz CT molecular complexity index is 1150. The summed E-state index contributed by atoms with van der Waals surface area (Å²) in [4.78, 5) is 12.8. The predicted octanol–water partition coefficient (Wildman–Crippen LogP) is 4.27. The van der Waals surface area contributed by atoms with Crippen molar-refractivity contribution in [3.05, 3.63) is 70.2 Å². The van der Waals surface area contributed by atoms with E-state index in [1.165, 1.54) is 4.31 Å². The third-order valence-corrected chi connectivity index (χ3v) is 8.17. The van der Waals surface area contributed by atoms with E-state index in [2.05, 4.69) is 22.4 Å². The lowest BCUT2D eigenvalue weighted by Gasteiger charge is -2.22. The van der Waals surface area contributed by atoms with Crippen LogP contribution < -0.4 is 5.32 Å². The normalized spacial score (nSPS) is 17.0. The maximum Gasteiger partial charge on any atom is 0.286 e. The Labute approximate surface area is 186 Å². The van der Waals surface area contributed by atoms with Gasteiger partial charge in [0.1, 0.15) is 5.01 Å². The molecule has 0 spiro atoms. The Kier molecular flexibility index (Phi) is 6.45. The van der Waals surface area contributed by atoms with Crippen molar-refractivity contribution < 1.29 is 13.2 Å². The van der Waals surface area contributed by atoms with Crippen molar-refractivity contribution in [2.24, 2.45) is 0 Å². The molecule has 0 aliphatic carbocycles. The highest BCUT2D eigenvalue weighted by atomic mass is 32.2. The number of benzene rings is 2. The van der Waals surface area contributed by atoms with Crippen molar-refractivity contribution in [2.45, 2.75) is 43.5 Å². The molecule has 2 heterocycles. The molecular weight excluding hydrogens is 432 g/mol. The fourth-order valence-electron chi connectivity index (χ4n) is 3.69. The zero-order chi connectivity index (χ0) is 21.8. The van der Waals surface area contributed by atoms with E-state index in [0.29, 0.717) is 23.7 Å². The summed E-state index contributed by atoms with van der Waals surface area (Å²) in [6.45, 7) is 2.52. The number of nitrogens with zero attached hydrogens (tertiary/aromatic N) is 3. The van der Waals surface area contributed by atoms with Crippen LogP contribution in [0.1, 0.15) is 52.6 Å². The zero-order valence-corrected chi connectivity index (χ0v) is 18.8. The molecule has 3 aromatic rings. The molecule has 0 saturated carbocycles. The summed E-state index contributed by atoms with van der Waals surface area (Å²) in [6, 6.07) is 15.8. The van der Waals surface area contributed by atoms with E-state index in [4.69, 9.17) is 0 Å². The van der Waals surface area contributed by atoms with E-state index in [1.807, 2.05) is 30.3 Å². The van der Waals surface area contributed by atoms with E-state index in [1.54, 1.807) is 24.3 Å². The minimum absolute atomic E-state index is 0.215. The Morgan fingerprint density at radius 1 is 1.13 bits per heavy atom. The first-order chi connectivity index (χ1) is 15.0. The molecular formula is C22H24N4O3S2. The Morgan fingerprint density at radius 3 is 2.58 bits per heavy atom. The number of anilines is 1. The van der Waals surface area contributed by atoms with Crippen LogP contribution in [0.5, 0.6) is 0 Å². The summed E-state index contributed by atoms with van der Waals surface area (Å²) in [5.41, 5.74) is 1.79. The van der Waals surface area contributed by atoms with E-state index in [0.717, 1.165) is 36.2 Å². The van der Waals surface area contributed by atoms with Crippen molar-refractivity contribution in [3.63, 3.8) is 0 Å². The van der Waals surface area contributed by atoms with Crippen molar-refractivity contribution >= 4 is 33.0 Å². The minimum atomic E-state index is -3.66. The van der Waals surface area contributed by atoms with Crippen LogP contribution in [-0.2, 0) is 16.4 Å². The van der Waals surface area contributed by atoms with E-state index in [9.17, 15) is 13.2 Å². The standard InChI is InChI=1S/C22H24N4O3S2/c1-2-7-16-11-13-18(14-12-16)31(28,29)26-15-6-10-19(26)21-24-25-22(30-21)20(27)23-17-8-4-3-5-9-17/h3-5,8-9,11-14,19H,2,6-7,10,15H2,1H3,(H,23,27)/t19-/m0/s1. The number of rotatable bonds is 7. The highest BCUT2D eigenvalue weighted by molar-refractivity contribution is 7.89. The van der Waals surface area contributed by atoms with Gasteiger partial charge in [-0.15, -0.1) is 10.2 Å². The van der Waals surface area contributed by atoms with Crippen LogP contribution >= 0.6 is 11.3 Å². The average Bonchev–Trinajstić information content (AvgIpc) is 3.45. The summed E-state index contributed by atoms with van der Waals surface area (Å²) in [5.74, 6) is -0.353. The van der Waals surface area contributed by atoms with E-state index in [-0.39, 0.29) is 15.8 Å². The lowest BCUT2D eigenvalue weighted by atomic mass is 10.1. The van der Waals surface area contributed by atoms with Crippen molar-refractivity contribution in [1.82, 2.24) is 14.5 Å². The van der Waals surface area contributed by atoms with Crippen molar-refractivity contribution in [2.75, 3.05) is 11.9 Å². The molecule has 4 rings (SSSR count). The van der Waals surface area contributed by atoms with Gasteiger partial charge in [0.15, 0.2) is 0 Å². The van der Waals surface area contributed by atoms with Crippen LogP contribution in [-0.4, -0.2) is 35.4 Å². The topological polar surface area (TPSA) is 92.3 Å². The van der Waals surface area contributed by atoms with Crippen molar-refractivity contribution in [3.8, 4) is 0 Å². The molecule has 0 unspecified atom stereocenters. The quantitative estimate of drug-likeness (QED) is 0.573. The fraction of sp³-hybridized carbons (Fsp3) is 0.318. The van der Waals surface area contributed by atoms with Gasteiger partial charge in [-0.05, 0) is 49.1 Å². The second kappa shape index (κ2) is 9.25. The van der Waals surface area contributed by atoms with Crippen LogP contribution in [0.15, 0.2) is 59.5 Å². The average molecular weight is 457 g/mol. The van der Waals surface area contributed by atoms with Gasteiger partial charge < -0.3 is 5.32 Å². The molecule has 31 heavy (non-hydrogen) atoms. The molecule has 0 bridgehead atoms. The lowest BCUT2D eigenvalue weighted by molar-refractivity contribution is 0.102. The van der Waals surface area contributed by atoms with Gasteiger partial charge in [0.05, 0.1) is 10.9 Å². The predicted molar refractivity (Wildman–Crippen MR) is 121 cm³/mol. The molecule has 0 radical (unpaired) electrons. The van der Waals surface area contributed by atoms with E-state index < -0.39 is 16.1 Å². The lowest BCUT2D eigenvalue weighted by Crippen LogP contribution is -2.30. The third kappa shape index (κ3) is 4.68. The van der Waals surface area contributed by atoms with Gasteiger partial charge in [0.25, 0.3) is 5.91 Å². The molecule has 162 valence electrons. The zero-order valence-electron chi connectivity index (χ0n) is 17.2. The Hall–Kier alpha value is -2.62. The molecule has 9 heteroatoms. The largest absolute Gasteiger partial charge is 0.320 e. The number of para-hydroxylation sites is 1. The monoisotopic (exact) mass is 456 g/mol. The molecule has 1 aromatic heterocycles. The van der Waals surface area contributed by atoms with Crippen LogP contribution in [0.25, 0.3) is 0 Å². The number of aryl methyl sites for hydroxylation is 1. The second-order valence-electron chi connectivity index (χ2n) is 7.43. The summed E-state index contributed by atoms with van der Waals surface area (Å²) in [5, 5.41) is 11.7. The molecule has 2 aromatic carbocycles. The van der Waals surface area contributed by atoms with Gasteiger partial charge in [0, 0.05) is 12.2 Å². The minimum Gasteiger partial charge on any atom is -0.320 e.